The molecule has 0 aromatic heterocycles. The molecule has 0 saturated carbocycles. The molecule has 0 bridgehead atoms. The molecule has 1 rings (SSSR count). The molecule has 19 heavy (non-hydrogen) atoms. The van der Waals surface area contributed by atoms with E-state index >= 15 is 0 Å². The van der Waals surface area contributed by atoms with Crippen molar-refractivity contribution in [2.75, 3.05) is 0 Å². The van der Waals surface area contributed by atoms with Gasteiger partial charge in [-0.3, -0.25) is 4.79 Å². The van der Waals surface area contributed by atoms with E-state index < -0.39 is 0 Å². The van der Waals surface area contributed by atoms with Gasteiger partial charge in [0.15, 0.2) is 0 Å². The normalized spacial score (nSPS) is 21.1. The highest BCUT2D eigenvalue weighted by atomic mass is 16.1. The number of hydrogen-bond donors (Lipinski definition) is 0. The number of Topliss-reactive ketones (excluding diaryl/α,β-unsaturated/α-hetero) is 1. The van der Waals surface area contributed by atoms with Gasteiger partial charge >= 0.3 is 5.71 Å². The molecule has 0 N–H and O–H groups in total. The summed E-state index contributed by atoms with van der Waals surface area (Å²) >= 11 is 0. The van der Waals surface area contributed by atoms with Crippen LogP contribution in [0.4, 0.5) is 0 Å². The third-order valence-electron chi connectivity index (χ3n) is 3.67. The second-order valence-electron chi connectivity index (χ2n) is 5.35. The van der Waals surface area contributed by atoms with Crippen molar-refractivity contribution >= 4 is 11.5 Å². The lowest BCUT2D eigenvalue weighted by molar-refractivity contribution is -0.117. The van der Waals surface area contributed by atoms with Gasteiger partial charge in [0, 0.05) is 6.42 Å². The highest BCUT2D eigenvalue weighted by Crippen LogP contribution is 2.11. The molecule has 1 aliphatic carbocycles. The van der Waals surface area contributed by atoms with Crippen molar-refractivity contribution in [3.05, 3.63) is 17.7 Å². The summed E-state index contributed by atoms with van der Waals surface area (Å²) in [6.07, 6.45) is 17.0. The summed E-state index contributed by atoms with van der Waals surface area (Å²) in [4.78, 5) is 15.0. The van der Waals surface area contributed by atoms with E-state index in [1.807, 2.05) is 0 Å². The lowest BCUT2D eigenvalue weighted by atomic mass is 10.0. The number of nitrogens with zero attached hydrogens (tertiary/aromatic N) is 2. The number of carbonyl (C=O) groups is 1. The number of ketones is 1. The van der Waals surface area contributed by atoms with Crippen LogP contribution in [0.5, 0.6) is 0 Å². The van der Waals surface area contributed by atoms with E-state index in [4.69, 9.17) is 5.53 Å². The van der Waals surface area contributed by atoms with Crippen LogP contribution in [-0.4, -0.2) is 16.3 Å². The fraction of sp³-hybridized carbons (Fsp3) is 0.750. The van der Waals surface area contributed by atoms with Gasteiger partial charge in [-0.25, -0.2) is 0 Å². The molecule has 0 atom stereocenters. The van der Waals surface area contributed by atoms with Crippen LogP contribution in [-0.2, 0) is 4.79 Å². The molecule has 0 heterocycles. The minimum atomic E-state index is 0.0366. The first-order valence-corrected chi connectivity index (χ1v) is 7.73. The molecule has 0 fully saturated rings. The first-order chi connectivity index (χ1) is 9.34. The molecule has 0 spiro atoms. The monoisotopic (exact) mass is 262 g/mol. The zero-order valence-electron chi connectivity index (χ0n) is 11.9. The van der Waals surface area contributed by atoms with Crippen LogP contribution in [0.1, 0.15) is 77.0 Å². The molecule has 0 amide bonds. The summed E-state index contributed by atoms with van der Waals surface area (Å²) in [6.45, 7) is 0. The van der Waals surface area contributed by atoms with Crippen LogP contribution >= 0.6 is 0 Å². The lowest BCUT2D eigenvalue weighted by Gasteiger charge is -2.01. The van der Waals surface area contributed by atoms with Crippen molar-refractivity contribution in [3.8, 4) is 0 Å². The zero-order valence-corrected chi connectivity index (χ0v) is 11.9. The lowest BCUT2D eigenvalue weighted by Crippen LogP contribution is -2.15. The van der Waals surface area contributed by atoms with E-state index in [0.717, 1.165) is 32.1 Å². The Morgan fingerprint density at radius 3 is 1.89 bits per heavy atom. The molecule has 0 aromatic rings. The largest absolute Gasteiger partial charge is 0.361 e. The van der Waals surface area contributed by atoms with Gasteiger partial charge < -0.3 is 5.53 Å². The third-order valence-corrected chi connectivity index (χ3v) is 3.67. The van der Waals surface area contributed by atoms with Gasteiger partial charge in [0.1, 0.15) is 0 Å². The first kappa shape index (κ1) is 15.8. The Hall–Kier alpha value is -1.21. The second kappa shape index (κ2) is 10.7. The van der Waals surface area contributed by atoms with Gasteiger partial charge in [0.2, 0.25) is 5.78 Å². The highest BCUT2D eigenvalue weighted by Gasteiger charge is 2.18. The Kier molecular flexibility index (Phi) is 8.91. The summed E-state index contributed by atoms with van der Waals surface area (Å²) in [5.74, 6) is 0.0366. The molecular weight excluding hydrogens is 236 g/mol. The predicted molar refractivity (Wildman–Crippen MR) is 78.2 cm³/mol. The smallest absolute Gasteiger partial charge is 0.334 e. The van der Waals surface area contributed by atoms with Crippen LogP contribution in [0, 0.1) is 0 Å². The molecule has 0 saturated heterocycles. The molecule has 1 aliphatic rings. The molecule has 106 valence electrons. The minimum absolute atomic E-state index is 0.0366. The number of carbonyl (C=O) groups excluding carboxylic acids is 1. The van der Waals surface area contributed by atoms with Crippen LogP contribution < -0.4 is 0 Å². The Morgan fingerprint density at radius 2 is 1.32 bits per heavy atom. The summed E-state index contributed by atoms with van der Waals surface area (Å²) in [7, 11) is 0. The van der Waals surface area contributed by atoms with E-state index in [-0.39, 0.29) is 5.78 Å². The quantitative estimate of drug-likeness (QED) is 0.361. The topological polar surface area (TPSA) is 53.5 Å². The number of rotatable bonds is 0. The molecule has 3 heteroatoms. The Labute approximate surface area is 116 Å². The SMILES string of the molecule is [N-]=[N+]=C1CCCCCCC=CCCCCCCC1=O. The maximum atomic E-state index is 11.8. The fourth-order valence-electron chi connectivity index (χ4n) is 2.43. The van der Waals surface area contributed by atoms with Gasteiger partial charge in [0.05, 0.1) is 6.42 Å². The Balaban J connectivity index is 2.41. The predicted octanol–water partition coefficient (Wildman–Crippen LogP) is 4.48. The van der Waals surface area contributed by atoms with Crippen LogP contribution in [0.25, 0.3) is 5.53 Å². The third kappa shape index (κ3) is 7.74. The van der Waals surface area contributed by atoms with E-state index in [2.05, 4.69) is 16.9 Å². The zero-order chi connectivity index (χ0) is 13.8. The van der Waals surface area contributed by atoms with E-state index in [1.54, 1.807) is 0 Å². The van der Waals surface area contributed by atoms with Crippen LogP contribution in [0.15, 0.2) is 12.2 Å². The molecule has 0 aliphatic heterocycles. The summed E-state index contributed by atoms with van der Waals surface area (Å²) in [6, 6.07) is 0. The first-order valence-electron chi connectivity index (χ1n) is 7.73. The second-order valence-corrected chi connectivity index (χ2v) is 5.35. The van der Waals surface area contributed by atoms with E-state index in [1.165, 1.54) is 32.1 Å². The van der Waals surface area contributed by atoms with Gasteiger partial charge in [-0.05, 0) is 38.5 Å². The Morgan fingerprint density at radius 1 is 0.789 bits per heavy atom. The summed E-state index contributed by atoms with van der Waals surface area (Å²) < 4.78 is 0. The van der Waals surface area contributed by atoms with Crippen LogP contribution in [0.3, 0.4) is 0 Å². The van der Waals surface area contributed by atoms with Gasteiger partial charge in [0.25, 0.3) is 0 Å². The van der Waals surface area contributed by atoms with Crippen LogP contribution in [0.2, 0.25) is 0 Å². The van der Waals surface area contributed by atoms with Gasteiger partial charge in [-0.2, -0.15) is 4.79 Å². The fourth-order valence-corrected chi connectivity index (χ4v) is 2.43. The molecular formula is C16H26N2O. The average Bonchev–Trinajstić information content (AvgIpc) is 2.42. The van der Waals surface area contributed by atoms with Crippen molar-refractivity contribution in [2.24, 2.45) is 0 Å². The molecule has 3 nitrogen and oxygen atoms in total. The van der Waals surface area contributed by atoms with E-state index in [0.29, 0.717) is 18.6 Å². The van der Waals surface area contributed by atoms with Crippen molar-refractivity contribution in [2.45, 2.75) is 77.0 Å². The summed E-state index contributed by atoms with van der Waals surface area (Å²) in [5, 5.41) is 0. The van der Waals surface area contributed by atoms with Crippen molar-refractivity contribution in [1.82, 2.24) is 0 Å². The standard InChI is InChI=1S/C16H26N2O/c17-18-15-13-11-9-7-5-3-1-2-4-6-8-10-12-14-16(15)19/h1-2H,3-14H2. The minimum Gasteiger partial charge on any atom is -0.361 e. The number of allylic oxidation sites excluding steroid dienone is 2. The molecule has 0 radical (unpaired) electrons. The average molecular weight is 262 g/mol. The van der Waals surface area contributed by atoms with Gasteiger partial charge in [-0.1, -0.05) is 37.8 Å². The van der Waals surface area contributed by atoms with Crippen molar-refractivity contribution in [3.63, 3.8) is 0 Å². The molecule has 0 aromatic carbocycles. The van der Waals surface area contributed by atoms with Crippen molar-refractivity contribution < 1.29 is 9.58 Å². The van der Waals surface area contributed by atoms with E-state index in [9.17, 15) is 4.79 Å². The maximum absolute atomic E-state index is 11.8. The highest BCUT2D eigenvalue weighted by molar-refractivity contribution is 6.37. The van der Waals surface area contributed by atoms with Gasteiger partial charge in [-0.15, -0.1) is 0 Å². The van der Waals surface area contributed by atoms with Crippen molar-refractivity contribution in [1.29, 1.82) is 0 Å². The Bertz CT molecular complexity index is 341. The maximum Gasteiger partial charge on any atom is 0.334 e. The summed E-state index contributed by atoms with van der Waals surface area (Å²) in [5.41, 5.74) is 9.29. The molecule has 0 unspecified atom stereocenters. The number of hydrogen-bond acceptors (Lipinski definition) is 1.